The first-order valence-electron chi connectivity index (χ1n) is 11.9. The lowest BCUT2D eigenvalue weighted by atomic mass is 10.1. The number of anilines is 1. The summed E-state index contributed by atoms with van der Waals surface area (Å²) < 4.78 is 2.21. The highest BCUT2D eigenvalue weighted by atomic mass is 16.7. The van der Waals surface area contributed by atoms with Crippen molar-refractivity contribution in [3.8, 4) is 11.3 Å². The van der Waals surface area contributed by atoms with Gasteiger partial charge in [-0.15, -0.1) is 0 Å². The number of likely N-dealkylation sites (N-methyl/N-ethyl adjacent to an activating group) is 1. The molecule has 2 fully saturated rings. The van der Waals surface area contributed by atoms with Gasteiger partial charge < -0.3 is 10.0 Å². The second-order valence-electron chi connectivity index (χ2n) is 9.36. The third-order valence-corrected chi connectivity index (χ3v) is 7.32. The molecule has 0 radical (unpaired) electrons. The van der Waals surface area contributed by atoms with Gasteiger partial charge in [-0.2, -0.15) is 5.06 Å². The first-order chi connectivity index (χ1) is 16.5. The summed E-state index contributed by atoms with van der Waals surface area (Å²) in [7, 11) is 3.54. The zero-order valence-corrected chi connectivity index (χ0v) is 20.0. The lowest BCUT2D eigenvalue weighted by molar-refractivity contribution is 0.113. The van der Waals surface area contributed by atoms with Crippen LogP contribution in [0.3, 0.4) is 0 Å². The zero-order chi connectivity index (χ0) is 23.8. The molecule has 0 bridgehead atoms. The van der Waals surface area contributed by atoms with Crippen LogP contribution in [0.25, 0.3) is 16.8 Å². The molecule has 180 valence electrons. The molecular weight excluding hydrogens is 432 g/mol. The maximum Gasteiger partial charge on any atom is 0.436 e. The Balaban J connectivity index is 1.45. The number of hydrogen-bond acceptors (Lipinski definition) is 6. The van der Waals surface area contributed by atoms with Gasteiger partial charge in [-0.25, -0.2) is 9.78 Å². The number of hydroxylamine groups is 1. The fraction of sp³-hybridized carbons (Fsp3) is 0.480. The second-order valence-corrected chi connectivity index (χ2v) is 9.36. The molecule has 2 unspecified atom stereocenters. The number of aryl methyl sites for hydroxylation is 1. The molecule has 2 atom stereocenters. The number of nitrogens with zero attached hydrogens (tertiary/aromatic N) is 6. The van der Waals surface area contributed by atoms with Gasteiger partial charge in [0.1, 0.15) is 5.82 Å². The zero-order valence-electron chi connectivity index (χ0n) is 20.0. The predicted molar refractivity (Wildman–Crippen MR) is 130 cm³/mol. The summed E-state index contributed by atoms with van der Waals surface area (Å²) in [5.41, 5.74) is 4.20. The number of hydrogen-bond donors (Lipinski definition) is 1. The SMILES string of the molecule is CON(C(=O)O)c1ccc(-c2nc(C3CCC(N4CCN(C)CC4)C3)n3ccnc(C)c23)cc1. The van der Waals surface area contributed by atoms with Crippen molar-refractivity contribution in [1.29, 1.82) is 0 Å². The predicted octanol–water partition coefficient (Wildman–Crippen LogP) is 3.63. The van der Waals surface area contributed by atoms with Crippen molar-refractivity contribution in [1.82, 2.24) is 24.2 Å². The van der Waals surface area contributed by atoms with Crippen molar-refractivity contribution in [2.75, 3.05) is 45.4 Å². The summed E-state index contributed by atoms with van der Waals surface area (Å²) in [6.45, 7) is 6.58. The molecule has 3 aromatic rings. The highest BCUT2D eigenvalue weighted by Crippen LogP contribution is 2.39. The van der Waals surface area contributed by atoms with Crippen molar-refractivity contribution >= 4 is 17.3 Å². The largest absolute Gasteiger partial charge is 0.463 e. The molecule has 5 rings (SSSR count). The van der Waals surface area contributed by atoms with Gasteiger partial charge in [0, 0.05) is 56.1 Å². The Morgan fingerprint density at radius 3 is 2.56 bits per heavy atom. The first-order valence-corrected chi connectivity index (χ1v) is 11.9. The minimum Gasteiger partial charge on any atom is -0.463 e. The normalized spacial score (nSPS) is 21.9. The van der Waals surface area contributed by atoms with E-state index in [4.69, 9.17) is 9.82 Å². The monoisotopic (exact) mass is 464 g/mol. The molecule has 1 amide bonds. The van der Waals surface area contributed by atoms with Gasteiger partial charge in [0.2, 0.25) is 0 Å². The van der Waals surface area contributed by atoms with Crippen LogP contribution in [0, 0.1) is 6.92 Å². The quantitative estimate of drug-likeness (QED) is 0.577. The van der Waals surface area contributed by atoms with Crippen molar-refractivity contribution in [2.45, 2.75) is 38.1 Å². The third kappa shape index (κ3) is 4.15. The molecule has 1 saturated heterocycles. The van der Waals surface area contributed by atoms with E-state index >= 15 is 0 Å². The number of aromatic nitrogens is 3. The van der Waals surface area contributed by atoms with Gasteiger partial charge in [-0.1, -0.05) is 12.1 Å². The molecule has 1 aliphatic heterocycles. The summed E-state index contributed by atoms with van der Waals surface area (Å²) in [5.74, 6) is 1.50. The lowest BCUT2D eigenvalue weighted by Crippen LogP contribution is -2.48. The van der Waals surface area contributed by atoms with Crippen LogP contribution in [0.2, 0.25) is 0 Å². The van der Waals surface area contributed by atoms with Gasteiger partial charge in [-0.05, 0) is 45.4 Å². The molecular formula is C25H32N6O3. The van der Waals surface area contributed by atoms with Crippen molar-refractivity contribution in [3.05, 3.63) is 48.2 Å². The van der Waals surface area contributed by atoms with E-state index in [1.54, 1.807) is 12.1 Å². The van der Waals surface area contributed by atoms with Crippen LogP contribution in [0.4, 0.5) is 10.5 Å². The number of benzene rings is 1. The summed E-state index contributed by atoms with van der Waals surface area (Å²) in [5, 5.41) is 10.2. The molecule has 2 aliphatic rings. The van der Waals surface area contributed by atoms with E-state index in [2.05, 4.69) is 26.2 Å². The molecule has 1 aliphatic carbocycles. The maximum atomic E-state index is 11.4. The van der Waals surface area contributed by atoms with Crippen LogP contribution in [-0.2, 0) is 4.84 Å². The Bertz CT molecular complexity index is 1170. The lowest BCUT2D eigenvalue weighted by Gasteiger charge is -2.36. The smallest absolute Gasteiger partial charge is 0.436 e. The molecule has 9 heteroatoms. The van der Waals surface area contributed by atoms with Crippen molar-refractivity contribution in [3.63, 3.8) is 0 Å². The van der Waals surface area contributed by atoms with E-state index in [9.17, 15) is 9.90 Å². The van der Waals surface area contributed by atoms with Crippen molar-refractivity contribution in [2.24, 2.45) is 0 Å². The summed E-state index contributed by atoms with van der Waals surface area (Å²) >= 11 is 0. The van der Waals surface area contributed by atoms with Crippen LogP contribution < -0.4 is 5.06 Å². The number of carbonyl (C=O) groups is 1. The minimum absolute atomic E-state index is 0.406. The number of carboxylic acid groups (broad SMARTS) is 1. The van der Waals surface area contributed by atoms with E-state index in [0.717, 1.165) is 72.4 Å². The number of rotatable bonds is 5. The first kappa shape index (κ1) is 22.8. The number of amides is 1. The molecule has 1 N–H and O–H groups in total. The van der Waals surface area contributed by atoms with E-state index in [0.29, 0.717) is 17.6 Å². The number of imidazole rings is 1. The summed E-state index contributed by atoms with van der Waals surface area (Å²) in [4.78, 5) is 31.1. The third-order valence-electron chi connectivity index (χ3n) is 7.32. The highest BCUT2D eigenvalue weighted by molar-refractivity contribution is 5.85. The van der Waals surface area contributed by atoms with Crippen LogP contribution in [0.1, 0.15) is 36.7 Å². The van der Waals surface area contributed by atoms with Crippen LogP contribution in [0.15, 0.2) is 36.7 Å². The van der Waals surface area contributed by atoms with Gasteiger partial charge in [0.25, 0.3) is 0 Å². The van der Waals surface area contributed by atoms with Crippen LogP contribution in [0.5, 0.6) is 0 Å². The van der Waals surface area contributed by atoms with Gasteiger partial charge in [0.15, 0.2) is 0 Å². The molecule has 0 spiro atoms. The van der Waals surface area contributed by atoms with Crippen LogP contribution in [-0.4, -0.2) is 81.7 Å². The molecule has 9 nitrogen and oxygen atoms in total. The van der Waals surface area contributed by atoms with Crippen molar-refractivity contribution < 1.29 is 14.7 Å². The molecule has 1 aromatic carbocycles. The Morgan fingerprint density at radius 1 is 1.15 bits per heavy atom. The van der Waals surface area contributed by atoms with E-state index in [-0.39, 0.29) is 0 Å². The average Bonchev–Trinajstić information content (AvgIpc) is 3.46. The van der Waals surface area contributed by atoms with E-state index in [1.807, 2.05) is 31.5 Å². The van der Waals surface area contributed by atoms with Gasteiger partial charge >= 0.3 is 6.09 Å². The highest BCUT2D eigenvalue weighted by Gasteiger charge is 2.34. The Kier molecular flexibility index (Phi) is 6.24. The maximum absolute atomic E-state index is 11.4. The van der Waals surface area contributed by atoms with Gasteiger partial charge in [-0.3, -0.25) is 19.1 Å². The topological polar surface area (TPSA) is 86.4 Å². The average molecular weight is 465 g/mol. The molecule has 1 saturated carbocycles. The fourth-order valence-corrected chi connectivity index (χ4v) is 5.47. The summed E-state index contributed by atoms with van der Waals surface area (Å²) in [6, 6.07) is 7.88. The number of piperazine rings is 1. The Morgan fingerprint density at radius 2 is 1.88 bits per heavy atom. The molecule has 2 aromatic heterocycles. The molecule has 3 heterocycles. The minimum atomic E-state index is -1.17. The van der Waals surface area contributed by atoms with Crippen LogP contribution >= 0.6 is 0 Å². The Hall–Kier alpha value is -3.01. The Labute approximate surface area is 199 Å². The fourth-order valence-electron chi connectivity index (χ4n) is 5.47. The standard InChI is InChI=1S/C25H32N6O3/c1-17-23-22(18-4-7-20(8-5-18)31(34-3)25(32)33)27-24(30(23)11-10-26-17)19-6-9-21(16-19)29-14-12-28(2)13-15-29/h4-5,7-8,10-11,19,21H,6,9,12-16H2,1-3H3,(H,32,33). The van der Waals surface area contributed by atoms with Gasteiger partial charge in [0.05, 0.1) is 29.7 Å². The number of fused-ring (bicyclic) bond motifs is 1. The second kappa shape index (κ2) is 9.32. The molecule has 34 heavy (non-hydrogen) atoms. The summed E-state index contributed by atoms with van der Waals surface area (Å²) in [6.07, 6.45) is 6.17. The van der Waals surface area contributed by atoms with E-state index in [1.165, 1.54) is 13.5 Å². The van der Waals surface area contributed by atoms with E-state index < -0.39 is 6.09 Å².